The second-order valence-electron chi connectivity index (χ2n) is 6.38. The van der Waals surface area contributed by atoms with Gasteiger partial charge in [-0.2, -0.15) is 5.06 Å². The highest BCUT2D eigenvalue weighted by molar-refractivity contribution is 6.33. The third kappa shape index (κ3) is 4.00. The average molecular weight is 392 g/mol. The fourth-order valence-corrected chi connectivity index (χ4v) is 3.31. The molecule has 1 aliphatic heterocycles. The summed E-state index contributed by atoms with van der Waals surface area (Å²) in [5, 5.41) is 14.1. The summed E-state index contributed by atoms with van der Waals surface area (Å²) in [6.45, 7) is 1.80. The summed E-state index contributed by atoms with van der Waals surface area (Å²) in [6.07, 6.45) is 2.18. The summed E-state index contributed by atoms with van der Waals surface area (Å²) in [6, 6.07) is 7.15. The summed E-state index contributed by atoms with van der Waals surface area (Å²) in [4.78, 5) is 30.4. The Morgan fingerprint density at radius 1 is 1.33 bits per heavy atom. The molecule has 1 amide bonds. The van der Waals surface area contributed by atoms with Gasteiger partial charge in [-0.3, -0.25) is 14.4 Å². The van der Waals surface area contributed by atoms with Crippen LogP contribution in [-0.4, -0.2) is 40.0 Å². The number of aliphatic hydroxyl groups excluding tert-OH is 1. The molecule has 1 aromatic carbocycles. The molecule has 0 saturated carbocycles. The van der Waals surface area contributed by atoms with Crippen LogP contribution in [-0.2, 0) is 24.7 Å². The summed E-state index contributed by atoms with van der Waals surface area (Å²) in [7, 11) is 1.59. The number of carbonyl (C=O) groups excluding carboxylic acids is 1. The van der Waals surface area contributed by atoms with E-state index < -0.39 is 6.17 Å². The Kier molecular flexibility index (Phi) is 5.84. The lowest BCUT2D eigenvalue weighted by atomic mass is 10.00. The first kappa shape index (κ1) is 19.4. The highest BCUT2D eigenvalue weighted by Crippen LogP contribution is 2.28. The van der Waals surface area contributed by atoms with Gasteiger partial charge in [-0.25, -0.2) is 0 Å². The van der Waals surface area contributed by atoms with E-state index in [1.807, 2.05) is 25.1 Å². The smallest absolute Gasteiger partial charge is 0.281 e. The van der Waals surface area contributed by atoms with Crippen molar-refractivity contribution >= 4 is 23.2 Å². The van der Waals surface area contributed by atoms with Gasteiger partial charge >= 0.3 is 0 Å². The van der Waals surface area contributed by atoms with Crippen molar-refractivity contribution < 1.29 is 14.7 Å². The van der Waals surface area contributed by atoms with Gasteiger partial charge in [0.15, 0.2) is 0 Å². The first-order valence-electron chi connectivity index (χ1n) is 8.76. The Labute approximate surface area is 162 Å². The van der Waals surface area contributed by atoms with Crippen molar-refractivity contribution in [1.29, 1.82) is 0 Å². The van der Waals surface area contributed by atoms with Gasteiger partial charge in [0.2, 0.25) is 0 Å². The zero-order valence-electron chi connectivity index (χ0n) is 15.2. The first-order valence-corrected chi connectivity index (χ1v) is 9.14. The number of nitrogens with one attached hydrogen (secondary N) is 1. The maximum Gasteiger partial charge on any atom is 0.281 e. The molecule has 1 atom stereocenters. The standard InChI is InChI=1S/C19H22ClN3O4/c1-3-12-4-5-16(15(20)8-12)21-17-9-13-10-18(25)22(2)11-14(13)19(26)23(17)27-7-6-24/h4-5,8,10-11,17,21,24H,3,6-7,9H2,1-2H3. The van der Waals surface area contributed by atoms with Gasteiger partial charge in [0.1, 0.15) is 6.17 Å². The molecule has 8 heteroatoms. The molecule has 0 spiro atoms. The minimum atomic E-state index is -0.561. The van der Waals surface area contributed by atoms with Crippen molar-refractivity contribution in [3.05, 3.63) is 62.5 Å². The minimum absolute atomic E-state index is 0.0203. The van der Waals surface area contributed by atoms with Gasteiger partial charge in [-0.1, -0.05) is 24.6 Å². The predicted molar refractivity (Wildman–Crippen MR) is 103 cm³/mol. The van der Waals surface area contributed by atoms with E-state index in [1.165, 1.54) is 21.9 Å². The third-order valence-electron chi connectivity index (χ3n) is 4.53. The van der Waals surface area contributed by atoms with Crippen molar-refractivity contribution in [2.75, 3.05) is 18.5 Å². The molecule has 2 aromatic rings. The number of aliphatic hydroxyl groups is 1. The van der Waals surface area contributed by atoms with Crippen molar-refractivity contribution in [2.24, 2.45) is 7.05 Å². The highest BCUT2D eigenvalue weighted by Gasteiger charge is 2.34. The third-order valence-corrected chi connectivity index (χ3v) is 4.84. The van der Waals surface area contributed by atoms with Crippen LogP contribution in [0.2, 0.25) is 5.02 Å². The van der Waals surface area contributed by atoms with Crippen LogP contribution in [0.5, 0.6) is 0 Å². The van der Waals surface area contributed by atoms with Gasteiger partial charge in [0.05, 0.1) is 29.5 Å². The molecule has 2 N–H and O–H groups in total. The van der Waals surface area contributed by atoms with Crippen LogP contribution in [0.25, 0.3) is 0 Å². The topological polar surface area (TPSA) is 83.8 Å². The molecule has 3 rings (SSSR count). The largest absolute Gasteiger partial charge is 0.394 e. The molecule has 0 saturated heterocycles. The fraction of sp³-hybridized carbons (Fsp3) is 0.368. The SMILES string of the molecule is CCc1ccc(NC2Cc3cc(=O)n(C)cc3C(=O)N2OCCO)c(Cl)c1. The van der Waals surface area contributed by atoms with Gasteiger partial charge in [-0.15, -0.1) is 0 Å². The summed E-state index contributed by atoms with van der Waals surface area (Å²) < 4.78 is 1.36. The Morgan fingerprint density at radius 2 is 2.11 bits per heavy atom. The number of aromatic nitrogens is 1. The quantitative estimate of drug-likeness (QED) is 0.786. The van der Waals surface area contributed by atoms with Gasteiger partial charge < -0.3 is 15.0 Å². The van der Waals surface area contributed by atoms with E-state index in [4.69, 9.17) is 21.5 Å². The lowest BCUT2D eigenvalue weighted by Gasteiger charge is -2.36. The van der Waals surface area contributed by atoms with Gasteiger partial charge in [-0.05, 0) is 29.7 Å². The Hall–Kier alpha value is -2.35. The van der Waals surface area contributed by atoms with Gasteiger partial charge in [0, 0.05) is 25.7 Å². The molecule has 7 nitrogen and oxygen atoms in total. The lowest BCUT2D eigenvalue weighted by molar-refractivity contribution is -0.152. The molecule has 0 bridgehead atoms. The fourth-order valence-electron chi connectivity index (χ4n) is 3.05. The summed E-state index contributed by atoms with van der Waals surface area (Å²) >= 11 is 6.36. The number of hydrogen-bond acceptors (Lipinski definition) is 5. The van der Waals surface area contributed by atoms with Crippen LogP contribution in [0.3, 0.4) is 0 Å². The molecule has 27 heavy (non-hydrogen) atoms. The number of halogens is 1. The molecular weight excluding hydrogens is 370 g/mol. The van der Waals surface area contributed by atoms with E-state index in [1.54, 1.807) is 7.05 Å². The zero-order valence-corrected chi connectivity index (χ0v) is 16.0. The maximum absolute atomic E-state index is 12.9. The number of hydroxylamine groups is 2. The predicted octanol–water partition coefficient (Wildman–Crippen LogP) is 1.96. The van der Waals surface area contributed by atoms with Crippen LogP contribution < -0.4 is 10.9 Å². The second-order valence-corrected chi connectivity index (χ2v) is 6.79. The highest BCUT2D eigenvalue weighted by atomic mass is 35.5. The van der Waals surface area contributed by atoms with Crippen LogP contribution in [0, 0.1) is 0 Å². The van der Waals surface area contributed by atoms with E-state index in [0.29, 0.717) is 28.3 Å². The van der Waals surface area contributed by atoms with E-state index in [0.717, 1.165) is 12.0 Å². The maximum atomic E-state index is 12.9. The Bertz CT molecular complexity index is 912. The number of benzene rings is 1. The number of rotatable bonds is 6. The molecule has 1 aromatic heterocycles. The minimum Gasteiger partial charge on any atom is -0.394 e. The normalized spacial score (nSPS) is 16.4. The number of carbonyl (C=O) groups is 1. The number of hydrogen-bond donors (Lipinski definition) is 2. The van der Waals surface area contributed by atoms with Crippen LogP contribution in [0.1, 0.15) is 28.4 Å². The van der Waals surface area contributed by atoms with Crippen molar-refractivity contribution in [3.63, 3.8) is 0 Å². The summed E-state index contributed by atoms with van der Waals surface area (Å²) in [5.41, 5.74) is 2.63. The van der Waals surface area contributed by atoms with E-state index in [2.05, 4.69) is 5.32 Å². The molecule has 1 aliphatic rings. The van der Waals surface area contributed by atoms with Crippen LogP contribution in [0.4, 0.5) is 5.69 Å². The summed E-state index contributed by atoms with van der Waals surface area (Å²) in [5.74, 6) is -0.376. The Balaban J connectivity index is 1.95. The molecule has 144 valence electrons. The second kappa shape index (κ2) is 8.12. The number of nitrogens with zero attached hydrogens (tertiary/aromatic N) is 2. The Morgan fingerprint density at radius 3 is 2.78 bits per heavy atom. The van der Waals surface area contributed by atoms with Crippen molar-refractivity contribution in [3.8, 4) is 0 Å². The number of aryl methyl sites for hydroxylation is 2. The van der Waals surface area contributed by atoms with Crippen molar-refractivity contribution in [2.45, 2.75) is 25.9 Å². The number of fused-ring (bicyclic) bond motifs is 1. The molecule has 0 radical (unpaired) electrons. The van der Waals surface area contributed by atoms with Crippen LogP contribution >= 0.6 is 11.6 Å². The number of amides is 1. The van der Waals surface area contributed by atoms with E-state index >= 15 is 0 Å². The van der Waals surface area contributed by atoms with Crippen molar-refractivity contribution in [1.82, 2.24) is 9.63 Å². The van der Waals surface area contributed by atoms with Gasteiger partial charge in [0.25, 0.3) is 11.5 Å². The average Bonchev–Trinajstić information content (AvgIpc) is 2.65. The first-order chi connectivity index (χ1) is 12.9. The monoisotopic (exact) mass is 391 g/mol. The van der Waals surface area contributed by atoms with Crippen LogP contribution in [0.15, 0.2) is 35.3 Å². The van der Waals surface area contributed by atoms with E-state index in [-0.39, 0.29) is 24.7 Å². The molecule has 1 unspecified atom stereocenters. The molecule has 0 aliphatic carbocycles. The molecule has 0 fully saturated rings. The zero-order chi connectivity index (χ0) is 19.6. The lowest BCUT2D eigenvalue weighted by Crippen LogP contribution is -2.50. The number of anilines is 1. The number of pyridine rings is 1. The van der Waals surface area contributed by atoms with E-state index in [9.17, 15) is 9.59 Å². The molecule has 2 heterocycles. The molecular formula is C19H22ClN3O4.